The quantitative estimate of drug-likeness (QED) is 0.723. The van der Waals surface area contributed by atoms with Crippen LogP contribution in [0.25, 0.3) is 0 Å². The van der Waals surface area contributed by atoms with E-state index in [4.69, 9.17) is 11.6 Å². The molecule has 0 amide bonds. The van der Waals surface area contributed by atoms with E-state index in [9.17, 15) is 8.78 Å². The molecule has 20 heavy (non-hydrogen) atoms. The van der Waals surface area contributed by atoms with Gasteiger partial charge in [-0.3, -0.25) is 0 Å². The fourth-order valence-electron chi connectivity index (χ4n) is 2.06. The highest BCUT2D eigenvalue weighted by molar-refractivity contribution is 14.1. The van der Waals surface area contributed by atoms with Crippen molar-refractivity contribution >= 4 is 34.2 Å². The SMILES string of the molecule is CNC(Cc1ccc(F)cc1F)c1cc(Cl)ccc1I. The topological polar surface area (TPSA) is 12.0 Å². The van der Waals surface area contributed by atoms with Crippen LogP contribution in [0.1, 0.15) is 17.2 Å². The molecule has 1 N–H and O–H groups in total. The first-order valence-electron chi connectivity index (χ1n) is 6.07. The van der Waals surface area contributed by atoms with Gasteiger partial charge >= 0.3 is 0 Å². The molecule has 106 valence electrons. The highest BCUT2D eigenvalue weighted by atomic mass is 127. The molecule has 5 heteroatoms. The van der Waals surface area contributed by atoms with E-state index in [1.54, 1.807) is 0 Å². The van der Waals surface area contributed by atoms with Crippen molar-refractivity contribution in [2.24, 2.45) is 0 Å². The summed E-state index contributed by atoms with van der Waals surface area (Å²) in [4.78, 5) is 0. The van der Waals surface area contributed by atoms with Crippen LogP contribution in [0.2, 0.25) is 5.02 Å². The first kappa shape index (κ1) is 15.7. The minimum atomic E-state index is -0.565. The molecule has 2 aromatic carbocycles. The van der Waals surface area contributed by atoms with Gasteiger partial charge in [-0.05, 0) is 71.5 Å². The Morgan fingerprint density at radius 2 is 1.95 bits per heavy atom. The van der Waals surface area contributed by atoms with Gasteiger partial charge in [-0.25, -0.2) is 8.78 Å². The van der Waals surface area contributed by atoms with Gasteiger partial charge in [0, 0.05) is 20.7 Å². The minimum absolute atomic E-state index is 0.0828. The van der Waals surface area contributed by atoms with E-state index < -0.39 is 11.6 Å². The second-order valence-corrected chi connectivity index (χ2v) is 6.05. The fraction of sp³-hybridized carbons (Fsp3) is 0.200. The van der Waals surface area contributed by atoms with Gasteiger partial charge in [-0.1, -0.05) is 17.7 Å². The predicted molar refractivity (Wildman–Crippen MR) is 86.0 cm³/mol. The molecule has 2 aromatic rings. The van der Waals surface area contributed by atoms with Crippen molar-refractivity contribution in [1.82, 2.24) is 5.32 Å². The van der Waals surface area contributed by atoms with E-state index in [0.717, 1.165) is 15.2 Å². The lowest BCUT2D eigenvalue weighted by Gasteiger charge is -2.19. The van der Waals surface area contributed by atoms with Crippen molar-refractivity contribution < 1.29 is 8.78 Å². The smallest absolute Gasteiger partial charge is 0.129 e. The van der Waals surface area contributed by atoms with Crippen LogP contribution in [0.4, 0.5) is 8.78 Å². The highest BCUT2D eigenvalue weighted by Crippen LogP contribution is 2.27. The number of hydrogen-bond donors (Lipinski definition) is 1. The largest absolute Gasteiger partial charge is 0.313 e. The summed E-state index contributed by atoms with van der Waals surface area (Å²) in [6.45, 7) is 0. The molecule has 1 unspecified atom stereocenters. The Morgan fingerprint density at radius 3 is 2.60 bits per heavy atom. The Morgan fingerprint density at radius 1 is 1.20 bits per heavy atom. The first-order valence-corrected chi connectivity index (χ1v) is 7.53. The first-order chi connectivity index (χ1) is 9.51. The van der Waals surface area contributed by atoms with Crippen molar-refractivity contribution in [3.63, 3.8) is 0 Å². The van der Waals surface area contributed by atoms with Crippen LogP contribution in [-0.2, 0) is 6.42 Å². The van der Waals surface area contributed by atoms with E-state index in [2.05, 4.69) is 27.9 Å². The Balaban J connectivity index is 2.31. The average molecular weight is 408 g/mol. The van der Waals surface area contributed by atoms with Crippen molar-refractivity contribution in [2.45, 2.75) is 12.5 Å². The summed E-state index contributed by atoms with van der Waals surface area (Å²) in [6.07, 6.45) is 0.430. The van der Waals surface area contributed by atoms with Gasteiger partial charge in [-0.2, -0.15) is 0 Å². The molecule has 1 nitrogen and oxygen atoms in total. The highest BCUT2D eigenvalue weighted by Gasteiger charge is 2.16. The summed E-state index contributed by atoms with van der Waals surface area (Å²) >= 11 is 8.24. The molecule has 0 fully saturated rings. The summed E-state index contributed by atoms with van der Waals surface area (Å²) in [6, 6.07) is 9.18. The van der Waals surface area contributed by atoms with Crippen LogP contribution in [0.15, 0.2) is 36.4 Å². The van der Waals surface area contributed by atoms with Gasteiger partial charge in [0.05, 0.1) is 0 Å². The molecule has 0 aromatic heterocycles. The Labute approximate surface area is 135 Å². The minimum Gasteiger partial charge on any atom is -0.313 e. The molecule has 0 bridgehead atoms. The number of likely N-dealkylation sites (N-methyl/N-ethyl adjacent to an activating group) is 1. The molecule has 1 atom stereocenters. The van der Waals surface area contributed by atoms with E-state index in [1.807, 2.05) is 25.2 Å². The van der Waals surface area contributed by atoms with E-state index in [-0.39, 0.29) is 6.04 Å². The normalized spacial score (nSPS) is 12.4. The van der Waals surface area contributed by atoms with Crippen LogP contribution in [0, 0.1) is 15.2 Å². The van der Waals surface area contributed by atoms with Gasteiger partial charge in [0.15, 0.2) is 0 Å². The molecule has 0 spiro atoms. The molecular weight excluding hydrogens is 395 g/mol. The van der Waals surface area contributed by atoms with Gasteiger partial charge < -0.3 is 5.32 Å². The van der Waals surface area contributed by atoms with Gasteiger partial charge in [0.2, 0.25) is 0 Å². The zero-order chi connectivity index (χ0) is 14.7. The maximum atomic E-state index is 13.7. The molecule has 0 saturated heterocycles. The Bertz CT molecular complexity index is 619. The lowest BCUT2D eigenvalue weighted by molar-refractivity contribution is 0.540. The average Bonchev–Trinajstić information content (AvgIpc) is 2.41. The molecular formula is C15H13ClF2IN. The van der Waals surface area contributed by atoms with Gasteiger partial charge in [-0.15, -0.1) is 0 Å². The van der Waals surface area contributed by atoms with E-state index in [0.29, 0.717) is 17.0 Å². The van der Waals surface area contributed by atoms with Crippen molar-refractivity contribution in [2.75, 3.05) is 7.05 Å². The maximum Gasteiger partial charge on any atom is 0.129 e. The number of nitrogens with one attached hydrogen (secondary N) is 1. The van der Waals surface area contributed by atoms with Crippen LogP contribution < -0.4 is 5.32 Å². The summed E-state index contributed by atoms with van der Waals surface area (Å²) in [5.41, 5.74) is 1.48. The van der Waals surface area contributed by atoms with Crippen molar-refractivity contribution in [1.29, 1.82) is 0 Å². The predicted octanol–water partition coefficient (Wildman–Crippen LogP) is 4.73. The standard InChI is InChI=1S/C15H13ClF2IN/c1-20-15(12-7-10(16)3-5-14(12)19)6-9-2-4-11(17)8-13(9)18/h2-5,7-8,15,20H,6H2,1H3. The zero-order valence-electron chi connectivity index (χ0n) is 10.8. The van der Waals surface area contributed by atoms with E-state index in [1.165, 1.54) is 12.1 Å². The second kappa shape index (κ2) is 6.83. The Hall–Kier alpha value is -0.720. The summed E-state index contributed by atoms with van der Waals surface area (Å²) in [5, 5.41) is 3.79. The molecule has 0 saturated carbocycles. The van der Waals surface area contributed by atoms with Crippen LogP contribution in [0.3, 0.4) is 0 Å². The molecule has 0 radical (unpaired) electrons. The third-order valence-corrected chi connectivity index (χ3v) is 4.34. The monoisotopic (exact) mass is 407 g/mol. The van der Waals surface area contributed by atoms with Gasteiger partial charge in [0.25, 0.3) is 0 Å². The van der Waals surface area contributed by atoms with E-state index >= 15 is 0 Å². The maximum absolute atomic E-state index is 13.7. The lowest BCUT2D eigenvalue weighted by atomic mass is 9.98. The lowest BCUT2D eigenvalue weighted by Crippen LogP contribution is -2.20. The van der Waals surface area contributed by atoms with Crippen LogP contribution in [0.5, 0.6) is 0 Å². The molecule has 2 rings (SSSR count). The number of benzene rings is 2. The summed E-state index contributed by atoms with van der Waals surface area (Å²) in [5.74, 6) is -1.09. The Kier molecular flexibility index (Phi) is 5.35. The van der Waals surface area contributed by atoms with Gasteiger partial charge in [0.1, 0.15) is 11.6 Å². The zero-order valence-corrected chi connectivity index (χ0v) is 13.7. The third kappa shape index (κ3) is 3.68. The summed E-state index contributed by atoms with van der Waals surface area (Å²) < 4.78 is 27.7. The van der Waals surface area contributed by atoms with Crippen LogP contribution >= 0.6 is 34.2 Å². The molecule has 0 aliphatic carbocycles. The fourth-order valence-corrected chi connectivity index (χ4v) is 2.95. The number of halogens is 4. The molecule has 0 aliphatic heterocycles. The third-order valence-electron chi connectivity index (χ3n) is 3.12. The molecule has 0 aliphatic rings. The second-order valence-electron chi connectivity index (χ2n) is 4.45. The number of hydrogen-bond acceptors (Lipinski definition) is 1. The van der Waals surface area contributed by atoms with Crippen molar-refractivity contribution in [3.8, 4) is 0 Å². The summed E-state index contributed by atoms with van der Waals surface area (Å²) in [7, 11) is 1.81. The number of rotatable bonds is 4. The molecule has 0 heterocycles. The van der Waals surface area contributed by atoms with Crippen molar-refractivity contribution in [3.05, 3.63) is 67.8 Å². The van der Waals surface area contributed by atoms with Crippen LogP contribution in [-0.4, -0.2) is 7.05 Å².